The van der Waals surface area contributed by atoms with Crippen molar-refractivity contribution < 1.29 is 22.5 Å². The zero-order valence-electron chi connectivity index (χ0n) is 17.1. The van der Waals surface area contributed by atoms with Crippen LogP contribution < -0.4 is 9.62 Å². The average Bonchev–Trinajstić information content (AvgIpc) is 2.78. The minimum absolute atomic E-state index is 0.0294. The summed E-state index contributed by atoms with van der Waals surface area (Å²) in [7, 11) is -4.26. The molecule has 0 aliphatic rings. The number of carbonyl (C=O) groups excluding carboxylic acids is 1. The number of amides is 1. The topological polar surface area (TPSA) is 110 Å². The summed E-state index contributed by atoms with van der Waals surface area (Å²) < 4.78 is 41.3. The molecule has 1 amide bonds. The van der Waals surface area contributed by atoms with Crippen LogP contribution in [0.5, 0.6) is 0 Å². The van der Waals surface area contributed by atoms with E-state index in [1.807, 2.05) is 6.26 Å². The second kappa shape index (κ2) is 10.2. The van der Waals surface area contributed by atoms with E-state index in [0.717, 1.165) is 27.4 Å². The highest BCUT2D eigenvalue weighted by molar-refractivity contribution is 7.98. The number of sulfonamides is 1. The Hall–Kier alpha value is -3.15. The van der Waals surface area contributed by atoms with Crippen LogP contribution in [0, 0.1) is 15.9 Å². The van der Waals surface area contributed by atoms with E-state index in [4.69, 9.17) is 11.6 Å². The molecule has 0 aromatic heterocycles. The third-order valence-corrected chi connectivity index (χ3v) is 7.33. The first-order valence-corrected chi connectivity index (χ1v) is 12.3. The minimum Gasteiger partial charge on any atom is -0.323 e. The number of thioether (sulfide) groups is 1. The molecule has 0 radical (unpaired) electrons. The van der Waals surface area contributed by atoms with Crippen LogP contribution in [-0.4, -0.2) is 32.0 Å². The molecule has 172 valence electrons. The van der Waals surface area contributed by atoms with Crippen LogP contribution in [0.2, 0.25) is 5.02 Å². The predicted molar refractivity (Wildman–Crippen MR) is 126 cm³/mol. The van der Waals surface area contributed by atoms with Gasteiger partial charge in [-0.15, -0.1) is 11.8 Å². The van der Waals surface area contributed by atoms with Crippen molar-refractivity contribution in [2.45, 2.75) is 9.79 Å². The maximum absolute atomic E-state index is 13.9. The molecule has 3 aromatic carbocycles. The lowest BCUT2D eigenvalue weighted by Crippen LogP contribution is -2.38. The molecule has 8 nitrogen and oxygen atoms in total. The molecule has 0 atom stereocenters. The molecular weight excluding hydrogens is 493 g/mol. The standard InChI is InChI=1S/C21H17ClFN3O5S2/c1-32-17-6-8-18(9-7-17)33(30,31)25(15-4-2-3-14(23)11-15)13-21(27)24-20-12-16(26(28)29)5-10-19(20)22/h2-12H,13H2,1H3,(H,24,27). The van der Waals surface area contributed by atoms with Gasteiger partial charge in [-0.2, -0.15) is 0 Å². The summed E-state index contributed by atoms with van der Waals surface area (Å²) >= 11 is 7.44. The molecule has 0 unspecified atom stereocenters. The second-order valence-electron chi connectivity index (χ2n) is 6.64. The van der Waals surface area contributed by atoms with Crippen molar-refractivity contribution in [2.75, 3.05) is 22.4 Å². The number of carbonyl (C=O) groups is 1. The number of hydrogen-bond donors (Lipinski definition) is 1. The van der Waals surface area contributed by atoms with Crippen LogP contribution in [0.1, 0.15) is 0 Å². The van der Waals surface area contributed by atoms with Gasteiger partial charge in [0, 0.05) is 17.0 Å². The van der Waals surface area contributed by atoms with Crippen LogP contribution in [0.3, 0.4) is 0 Å². The molecule has 0 aliphatic carbocycles. The lowest BCUT2D eigenvalue weighted by molar-refractivity contribution is -0.384. The molecule has 0 saturated carbocycles. The van der Waals surface area contributed by atoms with Gasteiger partial charge in [0.05, 0.1) is 26.2 Å². The van der Waals surface area contributed by atoms with E-state index in [1.54, 1.807) is 12.1 Å². The SMILES string of the molecule is CSc1ccc(S(=O)(=O)N(CC(=O)Nc2cc([N+](=O)[O-])ccc2Cl)c2cccc(F)c2)cc1. The number of non-ortho nitro benzene ring substituents is 1. The first kappa shape index (κ1) is 24.5. The first-order chi connectivity index (χ1) is 15.6. The Labute approximate surface area is 198 Å². The Kier molecular flexibility index (Phi) is 7.57. The van der Waals surface area contributed by atoms with E-state index >= 15 is 0 Å². The first-order valence-electron chi connectivity index (χ1n) is 9.28. The molecule has 0 heterocycles. The predicted octanol–water partition coefficient (Wildman–Crippen LogP) is 4.94. The minimum atomic E-state index is -4.26. The lowest BCUT2D eigenvalue weighted by atomic mass is 10.2. The zero-order valence-corrected chi connectivity index (χ0v) is 19.5. The smallest absolute Gasteiger partial charge is 0.271 e. The van der Waals surface area contributed by atoms with Gasteiger partial charge >= 0.3 is 0 Å². The van der Waals surface area contributed by atoms with Crippen LogP contribution in [0.15, 0.2) is 76.5 Å². The highest BCUT2D eigenvalue weighted by Crippen LogP contribution is 2.28. The summed E-state index contributed by atoms with van der Waals surface area (Å²) in [5.74, 6) is -1.52. The van der Waals surface area contributed by atoms with E-state index in [9.17, 15) is 27.7 Å². The maximum Gasteiger partial charge on any atom is 0.271 e. The highest BCUT2D eigenvalue weighted by atomic mass is 35.5. The van der Waals surface area contributed by atoms with Crippen LogP contribution in [0.4, 0.5) is 21.5 Å². The van der Waals surface area contributed by atoms with Gasteiger partial charge in [0.2, 0.25) is 5.91 Å². The average molecular weight is 510 g/mol. The zero-order chi connectivity index (χ0) is 24.2. The van der Waals surface area contributed by atoms with Crippen molar-refractivity contribution in [3.8, 4) is 0 Å². The number of anilines is 2. The van der Waals surface area contributed by atoms with Crippen LogP contribution in [-0.2, 0) is 14.8 Å². The molecular formula is C21H17ClFN3O5S2. The Bertz CT molecular complexity index is 1300. The normalized spacial score (nSPS) is 11.1. The molecule has 0 saturated heterocycles. The number of nitro benzene ring substituents is 1. The number of halogens is 2. The number of hydrogen-bond acceptors (Lipinski definition) is 6. The van der Waals surface area contributed by atoms with Gasteiger partial charge in [-0.3, -0.25) is 19.2 Å². The molecule has 33 heavy (non-hydrogen) atoms. The van der Waals surface area contributed by atoms with Gasteiger partial charge in [0.1, 0.15) is 12.4 Å². The Morgan fingerprint density at radius 3 is 2.45 bits per heavy atom. The van der Waals surface area contributed by atoms with Gasteiger partial charge < -0.3 is 5.32 Å². The van der Waals surface area contributed by atoms with Crippen molar-refractivity contribution in [3.05, 3.63) is 87.7 Å². The number of nitrogens with one attached hydrogen (secondary N) is 1. The molecule has 0 fully saturated rings. The molecule has 0 bridgehead atoms. The fourth-order valence-corrected chi connectivity index (χ4v) is 4.85. The second-order valence-corrected chi connectivity index (χ2v) is 9.79. The van der Waals surface area contributed by atoms with E-state index in [0.29, 0.717) is 0 Å². The Morgan fingerprint density at radius 1 is 1.15 bits per heavy atom. The third kappa shape index (κ3) is 5.81. The van der Waals surface area contributed by atoms with Crippen molar-refractivity contribution in [2.24, 2.45) is 0 Å². The van der Waals surface area contributed by atoms with Crippen molar-refractivity contribution >= 4 is 56.4 Å². The summed E-state index contributed by atoms with van der Waals surface area (Å²) in [6, 6.07) is 14.3. The van der Waals surface area contributed by atoms with Gasteiger partial charge in [0.25, 0.3) is 15.7 Å². The van der Waals surface area contributed by atoms with E-state index < -0.39 is 33.2 Å². The summed E-state index contributed by atoms with van der Waals surface area (Å²) in [5, 5.41) is 13.4. The van der Waals surface area contributed by atoms with Gasteiger partial charge in [-0.05, 0) is 54.8 Å². The highest BCUT2D eigenvalue weighted by Gasteiger charge is 2.28. The Balaban J connectivity index is 1.96. The monoisotopic (exact) mass is 509 g/mol. The fourth-order valence-electron chi connectivity index (χ4n) is 2.86. The molecule has 0 spiro atoms. The van der Waals surface area contributed by atoms with Crippen molar-refractivity contribution in [1.82, 2.24) is 0 Å². The molecule has 0 aliphatic heterocycles. The molecule has 3 aromatic rings. The maximum atomic E-state index is 13.9. The van der Waals surface area contributed by atoms with Crippen molar-refractivity contribution in [3.63, 3.8) is 0 Å². The van der Waals surface area contributed by atoms with E-state index in [-0.39, 0.29) is 27.0 Å². The summed E-state index contributed by atoms with van der Waals surface area (Å²) in [5.41, 5.74) is -0.431. The fraction of sp³-hybridized carbons (Fsp3) is 0.0952. The van der Waals surface area contributed by atoms with E-state index in [1.165, 1.54) is 48.2 Å². The van der Waals surface area contributed by atoms with Crippen LogP contribution >= 0.6 is 23.4 Å². The number of benzene rings is 3. The lowest BCUT2D eigenvalue weighted by Gasteiger charge is -2.24. The number of nitrogens with zero attached hydrogens (tertiary/aromatic N) is 2. The summed E-state index contributed by atoms with van der Waals surface area (Å²) in [4.78, 5) is 23.8. The Morgan fingerprint density at radius 2 is 1.85 bits per heavy atom. The van der Waals surface area contributed by atoms with E-state index in [2.05, 4.69) is 5.32 Å². The third-order valence-electron chi connectivity index (χ3n) is 4.47. The number of nitro groups is 1. The molecule has 3 rings (SSSR count). The molecule has 12 heteroatoms. The van der Waals surface area contributed by atoms with Gasteiger partial charge in [-0.25, -0.2) is 12.8 Å². The summed E-state index contributed by atoms with van der Waals surface area (Å²) in [6.07, 6.45) is 1.84. The number of rotatable bonds is 8. The van der Waals surface area contributed by atoms with Gasteiger partial charge in [0.15, 0.2) is 0 Å². The van der Waals surface area contributed by atoms with Crippen LogP contribution in [0.25, 0.3) is 0 Å². The largest absolute Gasteiger partial charge is 0.323 e. The van der Waals surface area contributed by atoms with Crippen molar-refractivity contribution in [1.29, 1.82) is 0 Å². The summed E-state index contributed by atoms with van der Waals surface area (Å²) in [6.45, 7) is -0.727. The molecule has 1 N–H and O–H groups in total. The van der Waals surface area contributed by atoms with Gasteiger partial charge in [-0.1, -0.05) is 17.7 Å². The quantitative estimate of drug-likeness (QED) is 0.261.